The lowest BCUT2D eigenvalue weighted by Crippen LogP contribution is -2.25. The molecule has 3 aromatic carbocycles. The molecule has 182 valence electrons. The molecule has 0 saturated carbocycles. The van der Waals surface area contributed by atoms with Gasteiger partial charge >= 0.3 is 5.69 Å². The summed E-state index contributed by atoms with van der Waals surface area (Å²) < 4.78 is 36.4. The molecule has 0 saturated heterocycles. The number of aromatic nitrogens is 2. The summed E-state index contributed by atoms with van der Waals surface area (Å²) in [6.07, 6.45) is 0.0543. The first kappa shape index (κ1) is 24.1. The first-order chi connectivity index (χ1) is 16.8. The predicted octanol–water partition coefficient (Wildman–Crippen LogP) is 3.66. The number of benzene rings is 3. The van der Waals surface area contributed by atoms with E-state index in [4.69, 9.17) is 4.74 Å². The minimum atomic E-state index is -3.87. The van der Waals surface area contributed by atoms with Crippen LogP contribution < -0.4 is 20.5 Å². The van der Waals surface area contributed by atoms with Gasteiger partial charge in [-0.3, -0.25) is 18.7 Å². The molecular formula is C25H26N4O5S. The normalized spacial score (nSPS) is 11.4. The third kappa shape index (κ3) is 5.22. The van der Waals surface area contributed by atoms with Gasteiger partial charge in [-0.2, -0.15) is 0 Å². The number of hydrogen-bond acceptors (Lipinski definition) is 5. The van der Waals surface area contributed by atoms with Gasteiger partial charge in [-0.05, 0) is 61.5 Å². The van der Waals surface area contributed by atoms with Gasteiger partial charge in [-0.15, -0.1) is 0 Å². The summed E-state index contributed by atoms with van der Waals surface area (Å²) in [6, 6.07) is 19.9. The Hall–Kier alpha value is -4.05. The first-order valence-electron chi connectivity index (χ1n) is 11.1. The van der Waals surface area contributed by atoms with E-state index in [-0.39, 0.29) is 29.5 Å². The predicted molar refractivity (Wildman–Crippen MR) is 135 cm³/mol. The maximum Gasteiger partial charge on any atom is 0.329 e. The number of rotatable bonds is 9. The highest BCUT2D eigenvalue weighted by molar-refractivity contribution is 7.92. The molecule has 4 aromatic rings. The number of amides is 1. The van der Waals surface area contributed by atoms with Crippen LogP contribution in [0.25, 0.3) is 11.0 Å². The van der Waals surface area contributed by atoms with Crippen molar-refractivity contribution in [2.45, 2.75) is 31.3 Å². The average molecular weight is 495 g/mol. The molecule has 0 unspecified atom stereocenters. The topological polar surface area (TPSA) is 111 Å². The fourth-order valence-electron chi connectivity index (χ4n) is 3.85. The van der Waals surface area contributed by atoms with Crippen molar-refractivity contribution in [3.63, 3.8) is 0 Å². The van der Waals surface area contributed by atoms with Crippen molar-refractivity contribution in [2.75, 3.05) is 17.1 Å². The monoisotopic (exact) mass is 494 g/mol. The van der Waals surface area contributed by atoms with Crippen LogP contribution in [0.4, 0.5) is 11.4 Å². The second kappa shape index (κ2) is 10.1. The minimum absolute atomic E-state index is 0.00773. The van der Waals surface area contributed by atoms with Crippen LogP contribution in [-0.2, 0) is 27.9 Å². The van der Waals surface area contributed by atoms with E-state index in [0.29, 0.717) is 23.7 Å². The van der Waals surface area contributed by atoms with Crippen LogP contribution in [0, 0.1) is 0 Å². The van der Waals surface area contributed by atoms with E-state index in [1.54, 1.807) is 45.5 Å². The van der Waals surface area contributed by atoms with E-state index in [0.717, 1.165) is 11.0 Å². The number of sulfonamides is 1. The average Bonchev–Trinajstić information content (AvgIpc) is 3.13. The standard InChI is InChI=1S/C25H26N4O5S/c1-3-28-22-9-4-5-10-23(22)29(25(28)31)16-15-24(30)26-19-7-6-8-21(17-19)35(32,33)27-18-11-13-20(34-2)14-12-18/h4-14,17,27H,3,15-16H2,1-2H3,(H,26,30). The van der Waals surface area contributed by atoms with Gasteiger partial charge in [0, 0.05) is 30.9 Å². The Morgan fingerprint density at radius 3 is 2.26 bits per heavy atom. The van der Waals surface area contributed by atoms with Crippen LogP contribution >= 0.6 is 0 Å². The van der Waals surface area contributed by atoms with Crippen molar-refractivity contribution in [2.24, 2.45) is 0 Å². The number of hydrogen-bond donors (Lipinski definition) is 2. The van der Waals surface area contributed by atoms with Gasteiger partial charge in [-0.25, -0.2) is 13.2 Å². The molecule has 0 fully saturated rings. The van der Waals surface area contributed by atoms with Crippen molar-refractivity contribution in [1.82, 2.24) is 9.13 Å². The van der Waals surface area contributed by atoms with Gasteiger partial charge in [0.05, 0.1) is 23.0 Å². The highest BCUT2D eigenvalue weighted by Crippen LogP contribution is 2.21. The zero-order chi connectivity index (χ0) is 25.0. The molecule has 0 aliphatic rings. The summed E-state index contributed by atoms with van der Waals surface area (Å²) in [5.74, 6) is 0.280. The van der Waals surface area contributed by atoms with Gasteiger partial charge in [0.2, 0.25) is 5.91 Å². The maximum absolute atomic E-state index is 12.8. The number of carbonyl (C=O) groups excluding carboxylic acids is 1. The Morgan fingerprint density at radius 2 is 1.60 bits per heavy atom. The van der Waals surface area contributed by atoms with Crippen LogP contribution in [0.1, 0.15) is 13.3 Å². The lowest BCUT2D eigenvalue weighted by atomic mass is 10.3. The van der Waals surface area contributed by atoms with Crippen molar-refractivity contribution < 1.29 is 17.9 Å². The Balaban J connectivity index is 1.45. The highest BCUT2D eigenvalue weighted by atomic mass is 32.2. The summed E-state index contributed by atoms with van der Waals surface area (Å²) in [4.78, 5) is 25.4. The van der Waals surface area contributed by atoms with Crippen LogP contribution in [0.2, 0.25) is 0 Å². The Morgan fingerprint density at radius 1 is 0.914 bits per heavy atom. The number of aryl methyl sites for hydroxylation is 2. The van der Waals surface area contributed by atoms with Crippen molar-refractivity contribution in [3.8, 4) is 5.75 Å². The third-order valence-electron chi connectivity index (χ3n) is 5.57. The summed E-state index contributed by atoms with van der Waals surface area (Å²) in [5, 5.41) is 2.72. The number of para-hydroxylation sites is 2. The van der Waals surface area contributed by atoms with Gasteiger partial charge in [0.1, 0.15) is 5.75 Å². The van der Waals surface area contributed by atoms with E-state index in [9.17, 15) is 18.0 Å². The number of carbonyl (C=O) groups is 1. The fraction of sp³-hybridized carbons (Fsp3) is 0.200. The molecule has 0 aliphatic carbocycles. The highest BCUT2D eigenvalue weighted by Gasteiger charge is 2.16. The number of methoxy groups -OCH3 is 1. The zero-order valence-electron chi connectivity index (χ0n) is 19.4. The summed E-state index contributed by atoms with van der Waals surface area (Å²) in [7, 11) is -2.34. The molecule has 1 heterocycles. The molecule has 10 heteroatoms. The Kier molecular flexibility index (Phi) is 6.92. The van der Waals surface area contributed by atoms with Crippen LogP contribution in [0.5, 0.6) is 5.75 Å². The van der Waals surface area contributed by atoms with Crippen LogP contribution in [-0.4, -0.2) is 30.6 Å². The van der Waals surface area contributed by atoms with Gasteiger partial charge in [-0.1, -0.05) is 18.2 Å². The van der Waals surface area contributed by atoms with Crippen molar-refractivity contribution >= 4 is 38.3 Å². The van der Waals surface area contributed by atoms with E-state index in [2.05, 4.69) is 10.0 Å². The van der Waals surface area contributed by atoms with Crippen LogP contribution in [0.3, 0.4) is 0 Å². The molecule has 4 rings (SSSR count). The van der Waals surface area contributed by atoms with Crippen molar-refractivity contribution in [1.29, 1.82) is 0 Å². The van der Waals surface area contributed by atoms with E-state index in [1.165, 1.54) is 19.2 Å². The van der Waals surface area contributed by atoms with Gasteiger partial charge < -0.3 is 10.1 Å². The Labute approximate surface area is 203 Å². The maximum atomic E-state index is 12.8. The second-order valence-electron chi connectivity index (χ2n) is 7.83. The lowest BCUT2D eigenvalue weighted by molar-refractivity contribution is -0.116. The fourth-order valence-corrected chi connectivity index (χ4v) is 4.95. The summed E-state index contributed by atoms with van der Waals surface area (Å²) in [5.41, 5.74) is 2.15. The van der Waals surface area contributed by atoms with Gasteiger partial charge in [0.25, 0.3) is 10.0 Å². The minimum Gasteiger partial charge on any atom is -0.497 e. The molecule has 2 N–H and O–H groups in total. The van der Waals surface area contributed by atoms with Gasteiger partial charge in [0.15, 0.2) is 0 Å². The van der Waals surface area contributed by atoms with E-state index >= 15 is 0 Å². The molecule has 1 aromatic heterocycles. The third-order valence-corrected chi connectivity index (χ3v) is 6.95. The second-order valence-corrected chi connectivity index (χ2v) is 9.51. The molecule has 1 amide bonds. The number of nitrogens with one attached hydrogen (secondary N) is 2. The number of ether oxygens (including phenoxy) is 1. The first-order valence-corrected chi connectivity index (χ1v) is 12.6. The van der Waals surface area contributed by atoms with E-state index < -0.39 is 10.0 Å². The lowest BCUT2D eigenvalue weighted by Gasteiger charge is -2.11. The number of imidazole rings is 1. The molecule has 0 spiro atoms. The van der Waals surface area contributed by atoms with Crippen LogP contribution in [0.15, 0.2) is 82.5 Å². The molecule has 0 atom stereocenters. The largest absolute Gasteiger partial charge is 0.497 e. The molecule has 0 bridgehead atoms. The van der Waals surface area contributed by atoms with E-state index in [1.807, 2.05) is 31.2 Å². The number of nitrogens with zero attached hydrogens (tertiary/aromatic N) is 2. The smallest absolute Gasteiger partial charge is 0.329 e. The quantitative estimate of drug-likeness (QED) is 0.369. The molecule has 0 radical (unpaired) electrons. The number of fused-ring (bicyclic) bond motifs is 1. The molecular weight excluding hydrogens is 468 g/mol. The molecule has 9 nitrogen and oxygen atoms in total. The Bertz CT molecular complexity index is 1520. The SMILES string of the molecule is CCn1c(=O)n(CCC(=O)Nc2cccc(S(=O)(=O)Nc3ccc(OC)cc3)c2)c2ccccc21. The number of anilines is 2. The molecule has 35 heavy (non-hydrogen) atoms. The molecule has 0 aliphatic heterocycles. The zero-order valence-corrected chi connectivity index (χ0v) is 20.2. The summed E-state index contributed by atoms with van der Waals surface area (Å²) in [6.45, 7) is 2.63. The summed E-state index contributed by atoms with van der Waals surface area (Å²) >= 11 is 0. The van der Waals surface area contributed by atoms with Crippen molar-refractivity contribution in [3.05, 3.63) is 83.3 Å².